The van der Waals surface area contributed by atoms with E-state index in [0.29, 0.717) is 0 Å². The monoisotopic (exact) mass is 362 g/mol. The van der Waals surface area contributed by atoms with E-state index in [0.717, 1.165) is 24.5 Å². The molecule has 25 heavy (non-hydrogen) atoms. The molecule has 132 valence electrons. The highest BCUT2D eigenvalue weighted by molar-refractivity contribution is 7.89. The predicted octanol–water partition coefficient (Wildman–Crippen LogP) is 1.99. The molecule has 1 atom stereocenters. The molecule has 2 aromatic carbocycles. The van der Waals surface area contributed by atoms with Crippen LogP contribution in [0.3, 0.4) is 0 Å². The summed E-state index contributed by atoms with van der Waals surface area (Å²) < 4.78 is 41.3. The Balaban J connectivity index is 1.83. The third kappa shape index (κ3) is 4.64. The standard InChI is InChI=1S/C18H19FN2O3S/c19-15-8-4-5-9-17(15)25(23,24)21-16(18(22)20-14-10-11-14)12-13-6-2-1-3-7-13/h1-9,14,16,21H,10-12H2,(H,20,22)/t16-/m1/s1. The number of halogens is 1. The maximum absolute atomic E-state index is 13.9. The minimum absolute atomic E-state index is 0.101. The van der Waals surface area contributed by atoms with Crippen molar-refractivity contribution in [3.63, 3.8) is 0 Å². The van der Waals surface area contributed by atoms with E-state index >= 15 is 0 Å². The van der Waals surface area contributed by atoms with E-state index in [1.54, 1.807) is 0 Å². The van der Waals surface area contributed by atoms with Crippen LogP contribution in [-0.2, 0) is 21.2 Å². The molecule has 0 saturated heterocycles. The van der Waals surface area contributed by atoms with Crippen LogP contribution in [0.4, 0.5) is 4.39 Å². The average Bonchev–Trinajstić information content (AvgIpc) is 3.39. The van der Waals surface area contributed by atoms with Crippen molar-refractivity contribution in [3.8, 4) is 0 Å². The summed E-state index contributed by atoms with van der Waals surface area (Å²) in [7, 11) is -4.16. The van der Waals surface area contributed by atoms with Gasteiger partial charge in [-0.15, -0.1) is 0 Å². The van der Waals surface area contributed by atoms with Gasteiger partial charge in [0.2, 0.25) is 15.9 Å². The van der Waals surface area contributed by atoms with Crippen LogP contribution in [0.2, 0.25) is 0 Å². The summed E-state index contributed by atoms with van der Waals surface area (Å²) in [6, 6.07) is 13.3. The van der Waals surface area contributed by atoms with Crippen LogP contribution >= 0.6 is 0 Å². The van der Waals surface area contributed by atoms with Crippen LogP contribution in [0.1, 0.15) is 18.4 Å². The van der Waals surface area contributed by atoms with E-state index in [9.17, 15) is 17.6 Å². The van der Waals surface area contributed by atoms with E-state index in [-0.39, 0.29) is 12.5 Å². The average molecular weight is 362 g/mol. The Kier molecular flexibility index (Phi) is 5.15. The molecule has 0 unspecified atom stereocenters. The van der Waals surface area contributed by atoms with Crippen molar-refractivity contribution in [1.82, 2.24) is 10.0 Å². The number of nitrogens with one attached hydrogen (secondary N) is 2. The van der Waals surface area contributed by atoms with Gasteiger partial charge in [-0.05, 0) is 37.0 Å². The number of amides is 1. The van der Waals surface area contributed by atoms with Gasteiger partial charge in [-0.1, -0.05) is 42.5 Å². The third-order valence-corrected chi connectivity index (χ3v) is 5.45. The second kappa shape index (κ2) is 7.33. The van der Waals surface area contributed by atoms with E-state index < -0.39 is 32.7 Å². The summed E-state index contributed by atoms with van der Waals surface area (Å²) in [5.41, 5.74) is 0.815. The van der Waals surface area contributed by atoms with Crippen molar-refractivity contribution in [3.05, 3.63) is 66.0 Å². The van der Waals surface area contributed by atoms with Gasteiger partial charge in [0.1, 0.15) is 16.8 Å². The summed E-state index contributed by atoms with van der Waals surface area (Å²) in [6.07, 6.45) is 1.97. The van der Waals surface area contributed by atoms with E-state index in [2.05, 4.69) is 10.0 Å². The Bertz CT molecular complexity index is 852. The topological polar surface area (TPSA) is 75.3 Å². The second-order valence-corrected chi connectivity index (χ2v) is 7.76. The first kappa shape index (κ1) is 17.6. The molecule has 2 aromatic rings. The normalized spacial score (nSPS) is 15.6. The lowest BCUT2D eigenvalue weighted by Crippen LogP contribution is -2.48. The molecule has 0 spiro atoms. The molecular formula is C18H19FN2O3S. The van der Waals surface area contributed by atoms with Crippen molar-refractivity contribution >= 4 is 15.9 Å². The minimum atomic E-state index is -4.16. The van der Waals surface area contributed by atoms with Gasteiger partial charge in [-0.25, -0.2) is 12.8 Å². The Morgan fingerprint density at radius 1 is 1.08 bits per heavy atom. The van der Waals surface area contributed by atoms with Gasteiger partial charge < -0.3 is 5.32 Å². The fourth-order valence-electron chi connectivity index (χ4n) is 2.48. The fourth-order valence-corrected chi connectivity index (χ4v) is 3.75. The molecule has 5 nitrogen and oxygen atoms in total. The van der Waals surface area contributed by atoms with E-state index in [4.69, 9.17) is 0 Å². The number of sulfonamides is 1. The largest absolute Gasteiger partial charge is 0.352 e. The van der Waals surface area contributed by atoms with Crippen LogP contribution in [0.15, 0.2) is 59.5 Å². The lowest BCUT2D eigenvalue weighted by atomic mass is 10.1. The number of benzene rings is 2. The fraction of sp³-hybridized carbons (Fsp3) is 0.278. The summed E-state index contributed by atoms with van der Waals surface area (Å²) in [6.45, 7) is 0. The zero-order valence-electron chi connectivity index (χ0n) is 13.5. The van der Waals surface area contributed by atoms with Crippen molar-refractivity contribution in [2.75, 3.05) is 0 Å². The molecule has 0 aromatic heterocycles. The number of hydrogen-bond acceptors (Lipinski definition) is 3. The zero-order chi connectivity index (χ0) is 17.9. The zero-order valence-corrected chi connectivity index (χ0v) is 14.3. The highest BCUT2D eigenvalue weighted by atomic mass is 32.2. The molecule has 0 aliphatic heterocycles. The number of carbonyl (C=O) groups is 1. The van der Waals surface area contributed by atoms with Gasteiger partial charge >= 0.3 is 0 Å². The first-order valence-electron chi connectivity index (χ1n) is 8.07. The van der Waals surface area contributed by atoms with Crippen LogP contribution in [0.25, 0.3) is 0 Å². The van der Waals surface area contributed by atoms with E-state index in [1.807, 2.05) is 30.3 Å². The van der Waals surface area contributed by atoms with E-state index in [1.165, 1.54) is 18.2 Å². The molecule has 1 amide bonds. The maximum Gasteiger partial charge on any atom is 0.244 e. The van der Waals surface area contributed by atoms with Gasteiger partial charge in [-0.2, -0.15) is 4.72 Å². The number of rotatable bonds is 7. The molecule has 1 aliphatic carbocycles. The Hall–Kier alpha value is -2.25. The molecule has 0 bridgehead atoms. The van der Waals surface area contributed by atoms with Crippen LogP contribution < -0.4 is 10.0 Å². The molecule has 7 heteroatoms. The summed E-state index contributed by atoms with van der Waals surface area (Å²) in [5.74, 6) is -1.25. The Labute approximate surface area is 146 Å². The van der Waals surface area contributed by atoms with Gasteiger partial charge in [0.05, 0.1) is 0 Å². The molecule has 1 fully saturated rings. The van der Waals surface area contributed by atoms with Gasteiger partial charge in [-0.3, -0.25) is 4.79 Å². The third-order valence-electron chi connectivity index (χ3n) is 3.95. The van der Waals surface area contributed by atoms with Crippen molar-refractivity contribution in [2.24, 2.45) is 0 Å². The van der Waals surface area contributed by atoms with Gasteiger partial charge in [0.15, 0.2) is 0 Å². The lowest BCUT2D eigenvalue weighted by molar-refractivity contribution is -0.122. The Morgan fingerprint density at radius 3 is 2.36 bits per heavy atom. The number of hydrogen-bond donors (Lipinski definition) is 2. The predicted molar refractivity (Wildman–Crippen MR) is 91.8 cm³/mol. The van der Waals surface area contributed by atoms with Crippen molar-refractivity contribution in [2.45, 2.75) is 36.2 Å². The Morgan fingerprint density at radius 2 is 1.72 bits per heavy atom. The quantitative estimate of drug-likeness (QED) is 0.791. The lowest BCUT2D eigenvalue weighted by Gasteiger charge is -2.19. The van der Waals surface area contributed by atoms with Gasteiger partial charge in [0, 0.05) is 6.04 Å². The molecule has 1 saturated carbocycles. The summed E-state index contributed by atoms with van der Waals surface area (Å²) in [4.78, 5) is 12.0. The summed E-state index contributed by atoms with van der Waals surface area (Å²) >= 11 is 0. The molecular weight excluding hydrogens is 343 g/mol. The molecule has 0 heterocycles. The molecule has 0 radical (unpaired) electrons. The number of carbonyl (C=O) groups excluding carboxylic acids is 1. The van der Waals surface area contributed by atoms with Crippen LogP contribution in [0.5, 0.6) is 0 Å². The molecule has 1 aliphatic rings. The highest BCUT2D eigenvalue weighted by Crippen LogP contribution is 2.20. The first-order chi connectivity index (χ1) is 12.0. The maximum atomic E-state index is 13.9. The van der Waals surface area contributed by atoms with Crippen molar-refractivity contribution < 1.29 is 17.6 Å². The van der Waals surface area contributed by atoms with Crippen molar-refractivity contribution in [1.29, 1.82) is 0 Å². The van der Waals surface area contributed by atoms with Crippen LogP contribution in [-0.4, -0.2) is 26.4 Å². The SMILES string of the molecule is O=C(NC1CC1)[C@@H](Cc1ccccc1)NS(=O)(=O)c1ccccc1F. The van der Waals surface area contributed by atoms with Gasteiger partial charge in [0.25, 0.3) is 0 Å². The second-order valence-electron chi connectivity index (χ2n) is 6.08. The molecule has 2 N–H and O–H groups in total. The summed E-state index contributed by atoms with van der Waals surface area (Å²) in [5, 5.41) is 2.80. The smallest absolute Gasteiger partial charge is 0.244 e. The first-order valence-corrected chi connectivity index (χ1v) is 9.55. The minimum Gasteiger partial charge on any atom is -0.352 e. The van der Waals surface area contributed by atoms with Crippen LogP contribution in [0, 0.1) is 5.82 Å². The highest BCUT2D eigenvalue weighted by Gasteiger charge is 2.31. The molecule has 3 rings (SSSR count).